The minimum Gasteiger partial charge on any atom is -0.468 e. The van der Waals surface area contributed by atoms with Crippen LogP contribution >= 0.6 is 0 Å². The number of methoxy groups -OCH3 is 1. The van der Waals surface area contributed by atoms with E-state index < -0.39 is 5.54 Å². The molecule has 1 heterocycles. The second-order valence-electron chi connectivity index (χ2n) is 5.99. The largest absolute Gasteiger partial charge is 0.468 e. The monoisotopic (exact) mass is 277 g/mol. The molecular weight excluding hydrogens is 254 g/mol. The first-order chi connectivity index (χ1) is 9.68. The summed E-state index contributed by atoms with van der Waals surface area (Å²) < 4.78 is 7.30. The van der Waals surface area contributed by atoms with E-state index in [9.17, 15) is 4.79 Å². The van der Waals surface area contributed by atoms with Crippen molar-refractivity contribution in [2.24, 2.45) is 0 Å². The van der Waals surface area contributed by atoms with Crippen LogP contribution in [0, 0.1) is 0 Å². The lowest BCUT2D eigenvalue weighted by atomic mass is 9.97. The number of aromatic nitrogens is 2. The predicted octanol–water partition coefficient (Wildman–Crippen LogP) is 1.83. The van der Waals surface area contributed by atoms with Crippen molar-refractivity contribution in [1.82, 2.24) is 14.9 Å². The molecule has 1 aromatic heterocycles. The van der Waals surface area contributed by atoms with Gasteiger partial charge < -0.3 is 9.30 Å². The Hall–Kier alpha value is -1.36. The summed E-state index contributed by atoms with van der Waals surface area (Å²) in [7, 11) is 1.49. The summed E-state index contributed by atoms with van der Waals surface area (Å²) in [6.45, 7) is 2.11. The molecule has 2 unspecified atom stereocenters. The molecule has 5 heteroatoms. The maximum atomic E-state index is 12.3. The van der Waals surface area contributed by atoms with Crippen LogP contribution in [0.1, 0.15) is 50.9 Å². The van der Waals surface area contributed by atoms with Gasteiger partial charge in [0.05, 0.1) is 7.11 Å². The van der Waals surface area contributed by atoms with E-state index >= 15 is 0 Å². The van der Waals surface area contributed by atoms with Crippen molar-refractivity contribution < 1.29 is 9.53 Å². The van der Waals surface area contributed by atoms with Crippen LogP contribution in [-0.4, -0.2) is 34.2 Å². The average Bonchev–Trinajstić information content (AvgIpc) is 2.99. The lowest BCUT2D eigenvalue weighted by Gasteiger charge is -2.28. The van der Waals surface area contributed by atoms with E-state index in [1.807, 2.05) is 12.4 Å². The molecule has 0 aromatic carbocycles. The topological polar surface area (TPSA) is 56.2 Å². The Morgan fingerprint density at radius 1 is 1.55 bits per heavy atom. The van der Waals surface area contributed by atoms with Gasteiger partial charge in [-0.15, -0.1) is 0 Å². The molecule has 0 amide bonds. The van der Waals surface area contributed by atoms with E-state index in [2.05, 4.69) is 21.8 Å². The molecule has 3 rings (SSSR count). The van der Waals surface area contributed by atoms with E-state index in [1.165, 1.54) is 20.0 Å². The predicted molar refractivity (Wildman–Crippen MR) is 75.4 cm³/mol. The zero-order chi connectivity index (χ0) is 14.2. The Morgan fingerprint density at radius 3 is 3.00 bits per heavy atom. The number of carbonyl (C=O) groups excluding carboxylic acids is 1. The van der Waals surface area contributed by atoms with E-state index in [1.54, 1.807) is 0 Å². The first-order valence-electron chi connectivity index (χ1n) is 7.56. The van der Waals surface area contributed by atoms with Gasteiger partial charge in [0.2, 0.25) is 0 Å². The van der Waals surface area contributed by atoms with Crippen LogP contribution in [0.5, 0.6) is 0 Å². The van der Waals surface area contributed by atoms with Crippen molar-refractivity contribution in [1.29, 1.82) is 0 Å². The SMILES string of the molecule is CCc1nccn1C1CCC(NC2CC2)(C(=O)OC)C1. The number of carbonyl (C=O) groups is 1. The highest BCUT2D eigenvalue weighted by molar-refractivity contribution is 5.81. The second-order valence-corrected chi connectivity index (χ2v) is 5.99. The molecule has 20 heavy (non-hydrogen) atoms. The molecule has 0 bridgehead atoms. The lowest BCUT2D eigenvalue weighted by Crippen LogP contribution is -2.51. The summed E-state index contributed by atoms with van der Waals surface area (Å²) in [6, 6.07) is 0.846. The summed E-state index contributed by atoms with van der Waals surface area (Å²) >= 11 is 0. The number of hydrogen-bond acceptors (Lipinski definition) is 4. The van der Waals surface area contributed by atoms with E-state index in [-0.39, 0.29) is 5.97 Å². The van der Waals surface area contributed by atoms with Crippen molar-refractivity contribution in [3.05, 3.63) is 18.2 Å². The first kappa shape index (κ1) is 13.6. The number of aryl methyl sites for hydroxylation is 1. The molecule has 1 aromatic rings. The van der Waals surface area contributed by atoms with Crippen LogP contribution < -0.4 is 5.32 Å². The van der Waals surface area contributed by atoms with Gasteiger partial charge in [-0.05, 0) is 32.1 Å². The van der Waals surface area contributed by atoms with Gasteiger partial charge in [-0.25, -0.2) is 4.98 Å². The summed E-state index contributed by atoms with van der Waals surface area (Å²) in [5.41, 5.74) is -0.490. The molecule has 2 aliphatic carbocycles. The summed E-state index contributed by atoms with van der Waals surface area (Å²) in [5.74, 6) is 0.993. The highest BCUT2D eigenvalue weighted by Crippen LogP contribution is 2.41. The van der Waals surface area contributed by atoms with Crippen LogP contribution in [0.15, 0.2) is 12.4 Å². The number of esters is 1. The van der Waals surface area contributed by atoms with Crippen molar-refractivity contribution in [3.63, 3.8) is 0 Å². The highest BCUT2D eigenvalue weighted by Gasteiger charge is 2.49. The van der Waals surface area contributed by atoms with Gasteiger partial charge in [-0.1, -0.05) is 6.92 Å². The summed E-state index contributed by atoms with van der Waals surface area (Å²) in [6.07, 6.45) is 9.81. The van der Waals surface area contributed by atoms with Gasteiger partial charge in [0.1, 0.15) is 11.4 Å². The molecule has 2 fully saturated rings. The van der Waals surface area contributed by atoms with Gasteiger partial charge in [0.15, 0.2) is 0 Å². The number of imidazole rings is 1. The van der Waals surface area contributed by atoms with Gasteiger partial charge in [0.25, 0.3) is 0 Å². The molecule has 2 atom stereocenters. The fraction of sp³-hybridized carbons (Fsp3) is 0.733. The Kier molecular flexibility index (Phi) is 3.54. The zero-order valence-corrected chi connectivity index (χ0v) is 12.3. The van der Waals surface area contributed by atoms with Crippen LogP contribution in [0.4, 0.5) is 0 Å². The van der Waals surface area contributed by atoms with Gasteiger partial charge in [-0.3, -0.25) is 10.1 Å². The quantitative estimate of drug-likeness (QED) is 0.834. The average molecular weight is 277 g/mol. The Labute approximate surface area is 119 Å². The van der Waals surface area contributed by atoms with Crippen molar-refractivity contribution >= 4 is 5.97 Å². The number of hydrogen-bond donors (Lipinski definition) is 1. The number of nitrogens with one attached hydrogen (secondary N) is 1. The lowest BCUT2D eigenvalue weighted by molar-refractivity contribution is -0.148. The normalized spacial score (nSPS) is 29.6. The maximum Gasteiger partial charge on any atom is 0.326 e. The van der Waals surface area contributed by atoms with Gasteiger partial charge >= 0.3 is 5.97 Å². The molecule has 0 spiro atoms. The van der Waals surface area contributed by atoms with Crippen LogP contribution in [-0.2, 0) is 16.0 Å². The fourth-order valence-corrected chi connectivity index (χ4v) is 3.40. The highest BCUT2D eigenvalue weighted by atomic mass is 16.5. The molecule has 110 valence electrons. The summed E-state index contributed by atoms with van der Waals surface area (Å²) in [4.78, 5) is 16.7. The third kappa shape index (κ3) is 2.35. The summed E-state index contributed by atoms with van der Waals surface area (Å²) in [5, 5.41) is 3.54. The molecule has 2 aliphatic rings. The minimum atomic E-state index is -0.490. The molecule has 0 radical (unpaired) electrons. The molecular formula is C15H23N3O2. The Morgan fingerprint density at radius 2 is 2.35 bits per heavy atom. The van der Waals surface area contributed by atoms with E-state index in [0.29, 0.717) is 12.1 Å². The van der Waals surface area contributed by atoms with Crippen LogP contribution in [0.2, 0.25) is 0 Å². The van der Waals surface area contributed by atoms with Crippen LogP contribution in [0.3, 0.4) is 0 Å². The van der Waals surface area contributed by atoms with Crippen molar-refractivity contribution in [2.75, 3.05) is 7.11 Å². The standard InChI is InChI=1S/C15H23N3O2/c1-3-13-16-8-9-18(13)12-6-7-15(10-12,14(19)20-2)17-11-4-5-11/h8-9,11-12,17H,3-7,10H2,1-2H3. The molecule has 0 aliphatic heterocycles. The number of rotatable bonds is 5. The molecule has 2 saturated carbocycles. The minimum absolute atomic E-state index is 0.106. The third-order valence-electron chi connectivity index (χ3n) is 4.58. The van der Waals surface area contributed by atoms with Gasteiger partial charge in [0, 0.05) is 30.9 Å². The van der Waals surface area contributed by atoms with E-state index in [0.717, 1.165) is 31.5 Å². The Bertz CT molecular complexity index is 495. The fourth-order valence-electron chi connectivity index (χ4n) is 3.40. The second kappa shape index (κ2) is 5.20. The smallest absolute Gasteiger partial charge is 0.326 e. The first-order valence-corrected chi connectivity index (χ1v) is 7.56. The molecule has 1 N–H and O–H groups in total. The molecule has 5 nitrogen and oxygen atoms in total. The van der Waals surface area contributed by atoms with Gasteiger partial charge in [-0.2, -0.15) is 0 Å². The zero-order valence-electron chi connectivity index (χ0n) is 12.3. The van der Waals surface area contributed by atoms with Crippen molar-refractivity contribution in [2.45, 2.75) is 63.1 Å². The number of nitrogens with zero attached hydrogens (tertiary/aromatic N) is 2. The van der Waals surface area contributed by atoms with Crippen molar-refractivity contribution in [3.8, 4) is 0 Å². The number of ether oxygens (including phenoxy) is 1. The third-order valence-corrected chi connectivity index (χ3v) is 4.58. The molecule has 0 saturated heterocycles. The van der Waals surface area contributed by atoms with Crippen LogP contribution in [0.25, 0.3) is 0 Å². The Balaban J connectivity index is 1.79. The van der Waals surface area contributed by atoms with E-state index in [4.69, 9.17) is 4.74 Å². The maximum absolute atomic E-state index is 12.3.